The average Bonchev–Trinajstić information content (AvgIpc) is 2.84. The quantitative estimate of drug-likeness (QED) is 0.919. The topological polar surface area (TPSA) is 29.3 Å². The highest BCUT2D eigenvalue weighted by Crippen LogP contribution is 2.28. The van der Waals surface area contributed by atoms with E-state index in [1.165, 1.54) is 11.6 Å². The van der Waals surface area contributed by atoms with E-state index in [9.17, 15) is 4.39 Å². The maximum absolute atomic E-state index is 13.9. The van der Waals surface area contributed by atoms with Crippen molar-refractivity contribution in [1.82, 2.24) is 4.90 Å². The Morgan fingerprint density at radius 3 is 2.67 bits per heavy atom. The van der Waals surface area contributed by atoms with E-state index in [0.717, 1.165) is 17.6 Å². The number of likely N-dealkylation sites (tertiary alicyclic amines) is 1. The SMILES string of the molecule is N[C@@H]1CN(Cc2cc(Br)ccc2F)C[C@H]1c1ccccc1. The highest BCUT2D eigenvalue weighted by molar-refractivity contribution is 9.10. The molecule has 2 atom stereocenters. The minimum atomic E-state index is -0.157. The lowest BCUT2D eigenvalue weighted by atomic mass is 9.95. The van der Waals surface area contributed by atoms with Crippen LogP contribution in [0.3, 0.4) is 0 Å². The van der Waals surface area contributed by atoms with Gasteiger partial charge < -0.3 is 5.73 Å². The number of nitrogens with two attached hydrogens (primary N) is 1. The molecule has 0 aliphatic carbocycles. The van der Waals surface area contributed by atoms with Crippen LogP contribution in [-0.2, 0) is 6.54 Å². The molecular weight excluding hydrogens is 331 g/mol. The molecular formula is C17H18BrFN2. The van der Waals surface area contributed by atoms with Crippen LogP contribution in [0.4, 0.5) is 4.39 Å². The van der Waals surface area contributed by atoms with Gasteiger partial charge in [-0.2, -0.15) is 0 Å². The van der Waals surface area contributed by atoms with Crippen molar-refractivity contribution >= 4 is 15.9 Å². The van der Waals surface area contributed by atoms with Crippen molar-refractivity contribution in [1.29, 1.82) is 0 Å². The molecule has 110 valence electrons. The number of hydrogen-bond acceptors (Lipinski definition) is 2. The van der Waals surface area contributed by atoms with Gasteiger partial charge in [0.1, 0.15) is 5.82 Å². The molecule has 0 aromatic heterocycles. The smallest absolute Gasteiger partial charge is 0.127 e. The molecule has 2 aromatic carbocycles. The zero-order valence-corrected chi connectivity index (χ0v) is 13.3. The molecule has 0 amide bonds. The summed E-state index contributed by atoms with van der Waals surface area (Å²) in [4.78, 5) is 2.23. The summed E-state index contributed by atoms with van der Waals surface area (Å²) < 4.78 is 14.8. The summed E-state index contributed by atoms with van der Waals surface area (Å²) in [5.74, 6) is 0.163. The number of benzene rings is 2. The van der Waals surface area contributed by atoms with Crippen LogP contribution in [0.15, 0.2) is 53.0 Å². The van der Waals surface area contributed by atoms with Crippen molar-refractivity contribution < 1.29 is 4.39 Å². The lowest BCUT2D eigenvalue weighted by molar-refractivity contribution is 0.318. The predicted octanol–water partition coefficient (Wildman–Crippen LogP) is 3.51. The molecule has 0 unspecified atom stereocenters. The van der Waals surface area contributed by atoms with E-state index in [4.69, 9.17) is 5.73 Å². The zero-order valence-electron chi connectivity index (χ0n) is 11.7. The van der Waals surface area contributed by atoms with Crippen LogP contribution in [0.2, 0.25) is 0 Å². The maximum Gasteiger partial charge on any atom is 0.127 e. The van der Waals surface area contributed by atoms with E-state index in [1.54, 1.807) is 6.07 Å². The lowest BCUT2D eigenvalue weighted by Gasteiger charge is -2.16. The Morgan fingerprint density at radius 1 is 1.14 bits per heavy atom. The summed E-state index contributed by atoms with van der Waals surface area (Å²) in [7, 11) is 0. The molecule has 3 rings (SSSR count). The number of hydrogen-bond donors (Lipinski definition) is 1. The number of halogens is 2. The van der Waals surface area contributed by atoms with Crippen molar-refractivity contribution in [2.45, 2.75) is 18.5 Å². The Kier molecular flexibility index (Phi) is 4.38. The second-order valence-electron chi connectivity index (χ2n) is 5.61. The summed E-state index contributed by atoms with van der Waals surface area (Å²) in [6.07, 6.45) is 0. The van der Waals surface area contributed by atoms with Crippen LogP contribution in [0.1, 0.15) is 17.0 Å². The van der Waals surface area contributed by atoms with Gasteiger partial charge in [0.15, 0.2) is 0 Å². The molecule has 2 nitrogen and oxygen atoms in total. The first-order valence-corrected chi connectivity index (χ1v) is 7.89. The fraction of sp³-hybridized carbons (Fsp3) is 0.294. The highest BCUT2D eigenvalue weighted by Gasteiger charge is 2.31. The van der Waals surface area contributed by atoms with Gasteiger partial charge >= 0.3 is 0 Å². The maximum atomic E-state index is 13.9. The van der Waals surface area contributed by atoms with Gasteiger partial charge in [0.2, 0.25) is 0 Å². The molecule has 0 spiro atoms. The van der Waals surface area contributed by atoms with E-state index < -0.39 is 0 Å². The Balaban J connectivity index is 1.73. The summed E-state index contributed by atoms with van der Waals surface area (Å²) in [6, 6.07) is 15.5. The summed E-state index contributed by atoms with van der Waals surface area (Å²) in [6.45, 7) is 2.27. The molecule has 1 aliphatic heterocycles. The molecule has 0 saturated carbocycles. The Bertz CT molecular complexity index is 617. The summed E-state index contributed by atoms with van der Waals surface area (Å²) in [5.41, 5.74) is 8.26. The first-order valence-electron chi connectivity index (χ1n) is 7.10. The normalized spacial score (nSPS) is 22.6. The second kappa shape index (κ2) is 6.26. The van der Waals surface area contributed by atoms with Gasteiger partial charge in [0, 0.05) is 41.6 Å². The van der Waals surface area contributed by atoms with Crippen LogP contribution < -0.4 is 5.73 Å². The minimum absolute atomic E-state index is 0.0996. The summed E-state index contributed by atoms with van der Waals surface area (Å²) >= 11 is 3.40. The number of nitrogens with zero attached hydrogens (tertiary/aromatic N) is 1. The van der Waals surface area contributed by atoms with Crippen molar-refractivity contribution in [3.05, 3.63) is 69.9 Å². The lowest BCUT2D eigenvalue weighted by Crippen LogP contribution is -2.28. The van der Waals surface area contributed by atoms with Gasteiger partial charge in [0.25, 0.3) is 0 Å². The summed E-state index contributed by atoms with van der Waals surface area (Å²) in [5, 5.41) is 0. The molecule has 1 heterocycles. The molecule has 1 saturated heterocycles. The third kappa shape index (κ3) is 3.34. The van der Waals surface area contributed by atoms with Crippen LogP contribution >= 0.6 is 15.9 Å². The van der Waals surface area contributed by atoms with Gasteiger partial charge in [-0.05, 0) is 23.8 Å². The Hall–Kier alpha value is -1.23. The highest BCUT2D eigenvalue weighted by atomic mass is 79.9. The Labute approximate surface area is 132 Å². The van der Waals surface area contributed by atoms with Crippen molar-refractivity contribution in [3.63, 3.8) is 0 Å². The molecule has 1 aliphatic rings. The predicted molar refractivity (Wildman–Crippen MR) is 86.5 cm³/mol. The fourth-order valence-corrected chi connectivity index (χ4v) is 3.41. The van der Waals surface area contributed by atoms with Gasteiger partial charge in [-0.25, -0.2) is 4.39 Å². The van der Waals surface area contributed by atoms with E-state index in [-0.39, 0.29) is 11.9 Å². The van der Waals surface area contributed by atoms with Gasteiger partial charge in [-0.1, -0.05) is 46.3 Å². The first-order chi connectivity index (χ1) is 10.1. The van der Waals surface area contributed by atoms with Crippen molar-refractivity contribution in [2.24, 2.45) is 5.73 Å². The zero-order chi connectivity index (χ0) is 14.8. The fourth-order valence-electron chi connectivity index (χ4n) is 3.00. The number of rotatable bonds is 3. The minimum Gasteiger partial charge on any atom is -0.326 e. The van der Waals surface area contributed by atoms with Gasteiger partial charge in [-0.15, -0.1) is 0 Å². The molecule has 4 heteroatoms. The van der Waals surface area contributed by atoms with Crippen molar-refractivity contribution in [2.75, 3.05) is 13.1 Å². The van der Waals surface area contributed by atoms with Crippen LogP contribution in [0, 0.1) is 5.82 Å². The van der Waals surface area contributed by atoms with E-state index in [1.807, 2.05) is 24.3 Å². The van der Waals surface area contributed by atoms with Crippen LogP contribution in [-0.4, -0.2) is 24.0 Å². The third-order valence-electron chi connectivity index (χ3n) is 4.07. The monoisotopic (exact) mass is 348 g/mol. The molecule has 2 N–H and O–H groups in total. The Morgan fingerprint density at radius 2 is 1.90 bits per heavy atom. The van der Waals surface area contributed by atoms with Gasteiger partial charge in [0.05, 0.1) is 0 Å². The third-order valence-corrected chi connectivity index (χ3v) is 4.56. The molecule has 0 bridgehead atoms. The van der Waals surface area contributed by atoms with Crippen molar-refractivity contribution in [3.8, 4) is 0 Å². The van der Waals surface area contributed by atoms with E-state index >= 15 is 0 Å². The molecule has 1 fully saturated rings. The van der Waals surface area contributed by atoms with Crippen LogP contribution in [0.25, 0.3) is 0 Å². The first kappa shape index (κ1) is 14.7. The average molecular weight is 349 g/mol. The van der Waals surface area contributed by atoms with Gasteiger partial charge in [-0.3, -0.25) is 4.90 Å². The van der Waals surface area contributed by atoms with E-state index in [2.05, 4.69) is 33.0 Å². The molecule has 21 heavy (non-hydrogen) atoms. The van der Waals surface area contributed by atoms with E-state index in [0.29, 0.717) is 18.0 Å². The molecule has 0 radical (unpaired) electrons. The molecule has 2 aromatic rings. The largest absolute Gasteiger partial charge is 0.326 e. The second-order valence-corrected chi connectivity index (χ2v) is 6.53. The standard InChI is InChI=1S/C17H18BrFN2/c18-14-6-7-16(19)13(8-14)9-21-10-15(17(20)11-21)12-4-2-1-3-5-12/h1-8,15,17H,9-11,20H2/t15-,17+/m0/s1. The van der Waals surface area contributed by atoms with Crippen LogP contribution in [0.5, 0.6) is 0 Å².